The number of nitrogen functional groups attached to an aromatic ring is 1. The van der Waals surface area contributed by atoms with Crippen LogP contribution >= 0.6 is 0 Å². The molecule has 1 unspecified atom stereocenters. The Balaban J connectivity index is 2.69. The van der Waals surface area contributed by atoms with E-state index >= 15 is 0 Å². The van der Waals surface area contributed by atoms with Gasteiger partial charge >= 0.3 is 0 Å². The van der Waals surface area contributed by atoms with Crippen molar-refractivity contribution in [2.24, 2.45) is 5.92 Å². The van der Waals surface area contributed by atoms with Crippen molar-refractivity contribution in [1.82, 2.24) is 0 Å². The molecule has 0 bridgehead atoms. The van der Waals surface area contributed by atoms with E-state index in [-0.39, 0.29) is 17.4 Å². The van der Waals surface area contributed by atoms with E-state index in [0.29, 0.717) is 5.69 Å². The zero-order valence-corrected chi connectivity index (χ0v) is 10.6. The predicted octanol–water partition coefficient (Wildman–Crippen LogP) is 2.23. The van der Waals surface area contributed by atoms with Gasteiger partial charge in [-0.15, -0.1) is 0 Å². The van der Waals surface area contributed by atoms with Gasteiger partial charge in [0.25, 0.3) is 0 Å². The standard InChI is InChI=1S/C12H19NO2S/c1-3-10(2)8-16(14,15)9-11-4-6-12(13)7-5-11/h4-7,10H,3,8-9,13H2,1-2H3. The number of hydrogen-bond donors (Lipinski definition) is 1. The minimum Gasteiger partial charge on any atom is -0.399 e. The third-order valence-corrected chi connectivity index (χ3v) is 4.45. The first-order chi connectivity index (χ1) is 7.43. The molecule has 1 aromatic rings. The molecule has 3 nitrogen and oxygen atoms in total. The average molecular weight is 241 g/mol. The molecule has 0 heterocycles. The predicted molar refractivity (Wildman–Crippen MR) is 67.8 cm³/mol. The first-order valence-electron chi connectivity index (χ1n) is 5.48. The summed E-state index contributed by atoms with van der Waals surface area (Å²) in [5.41, 5.74) is 7.00. The minimum absolute atomic E-state index is 0.109. The highest BCUT2D eigenvalue weighted by atomic mass is 32.2. The first-order valence-corrected chi connectivity index (χ1v) is 7.30. The van der Waals surface area contributed by atoms with Gasteiger partial charge in [0.1, 0.15) is 0 Å². The largest absolute Gasteiger partial charge is 0.399 e. The summed E-state index contributed by atoms with van der Waals surface area (Å²) in [7, 11) is -3.00. The smallest absolute Gasteiger partial charge is 0.154 e. The molecule has 0 aliphatic rings. The molecule has 0 fully saturated rings. The molecule has 16 heavy (non-hydrogen) atoms. The van der Waals surface area contributed by atoms with Crippen molar-refractivity contribution >= 4 is 15.5 Å². The molecule has 0 aliphatic heterocycles. The molecule has 0 saturated carbocycles. The number of anilines is 1. The van der Waals surface area contributed by atoms with E-state index < -0.39 is 9.84 Å². The van der Waals surface area contributed by atoms with Gasteiger partial charge in [0.15, 0.2) is 9.84 Å². The number of benzene rings is 1. The summed E-state index contributed by atoms with van der Waals surface area (Å²) in [6, 6.07) is 7.00. The van der Waals surface area contributed by atoms with Gasteiger partial charge in [0.05, 0.1) is 11.5 Å². The fraction of sp³-hybridized carbons (Fsp3) is 0.500. The molecule has 1 atom stereocenters. The molecule has 1 aromatic carbocycles. The third kappa shape index (κ3) is 4.23. The highest BCUT2D eigenvalue weighted by molar-refractivity contribution is 7.90. The second-order valence-electron chi connectivity index (χ2n) is 4.31. The fourth-order valence-electron chi connectivity index (χ4n) is 1.48. The van der Waals surface area contributed by atoms with Crippen LogP contribution in [0.25, 0.3) is 0 Å². The molecule has 0 saturated heterocycles. The SMILES string of the molecule is CCC(C)CS(=O)(=O)Cc1ccc(N)cc1. The topological polar surface area (TPSA) is 60.2 Å². The van der Waals surface area contributed by atoms with Crippen LogP contribution in [-0.2, 0) is 15.6 Å². The Morgan fingerprint density at radius 3 is 2.31 bits per heavy atom. The Morgan fingerprint density at radius 1 is 1.25 bits per heavy atom. The van der Waals surface area contributed by atoms with E-state index in [1.165, 1.54) is 0 Å². The number of rotatable bonds is 5. The molecule has 0 spiro atoms. The van der Waals surface area contributed by atoms with Gasteiger partial charge in [0.2, 0.25) is 0 Å². The summed E-state index contributed by atoms with van der Waals surface area (Å²) in [4.78, 5) is 0. The zero-order chi connectivity index (χ0) is 12.2. The highest BCUT2D eigenvalue weighted by Crippen LogP contribution is 2.13. The molecular weight excluding hydrogens is 222 g/mol. The van der Waals surface area contributed by atoms with Crippen molar-refractivity contribution in [3.05, 3.63) is 29.8 Å². The van der Waals surface area contributed by atoms with Crippen molar-refractivity contribution < 1.29 is 8.42 Å². The molecule has 1 rings (SSSR count). The maximum Gasteiger partial charge on any atom is 0.154 e. The molecule has 0 radical (unpaired) electrons. The van der Waals surface area contributed by atoms with Crippen LogP contribution < -0.4 is 5.73 Å². The van der Waals surface area contributed by atoms with E-state index in [2.05, 4.69) is 0 Å². The average Bonchev–Trinajstić information content (AvgIpc) is 2.20. The second kappa shape index (κ2) is 5.34. The van der Waals surface area contributed by atoms with Crippen LogP contribution in [0, 0.1) is 5.92 Å². The van der Waals surface area contributed by atoms with E-state index in [0.717, 1.165) is 12.0 Å². The van der Waals surface area contributed by atoms with E-state index in [1.807, 2.05) is 13.8 Å². The second-order valence-corrected chi connectivity index (χ2v) is 6.42. The Labute approximate surface area is 97.6 Å². The summed E-state index contributed by atoms with van der Waals surface area (Å²) in [6.07, 6.45) is 0.890. The minimum atomic E-state index is -3.00. The van der Waals surface area contributed by atoms with Crippen LogP contribution in [0.3, 0.4) is 0 Å². The Bertz CT molecular complexity index is 423. The van der Waals surface area contributed by atoms with Crippen LogP contribution in [-0.4, -0.2) is 14.2 Å². The lowest BCUT2D eigenvalue weighted by Gasteiger charge is -2.09. The molecule has 4 heteroatoms. The Morgan fingerprint density at radius 2 is 1.81 bits per heavy atom. The monoisotopic (exact) mass is 241 g/mol. The van der Waals surface area contributed by atoms with Crippen LogP contribution in [0.1, 0.15) is 25.8 Å². The van der Waals surface area contributed by atoms with E-state index in [1.54, 1.807) is 24.3 Å². The Kier molecular flexibility index (Phi) is 4.35. The van der Waals surface area contributed by atoms with Crippen molar-refractivity contribution in [2.75, 3.05) is 11.5 Å². The molecule has 90 valence electrons. The first kappa shape index (κ1) is 13.0. The van der Waals surface area contributed by atoms with Gasteiger partial charge in [-0.1, -0.05) is 32.4 Å². The van der Waals surface area contributed by atoms with E-state index in [4.69, 9.17) is 5.73 Å². The number of hydrogen-bond acceptors (Lipinski definition) is 3. The van der Waals surface area contributed by atoms with Crippen LogP contribution in [0.2, 0.25) is 0 Å². The summed E-state index contributed by atoms with van der Waals surface area (Å²) in [5, 5.41) is 0. The van der Waals surface area contributed by atoms with Crippen LogP contribution in [0.5, 0.6) is 0 Å². The molecule has 0 amide bonds. The van der Waals surface area contributed by atoms with Crippen molar-refractivity contribution in [1.29, 1.82) is 0 Å². The highest BCUT2D eigenvalue weighted by Gasteiger charge is 2.15. The van der Waals surface area contributed by atoms with E-state index in [9.17, 15) is 8.42 Å². The van der Waals surface area contributed by atoms with Gasteiger partial charge in [-0.05, 0) is 23.6 Å². The summed E-state index contributed by atoms with van der Waals surface area (Å²) in [6.45, 7) is 3.96. The maximum atomic E-state index is 11.8. The zero-order valence-electron chi connectivity index (χ0n) is 9.81. The summed E-state index contributed by atoms with van der Waals surface area (Å²) >= 11 is 0. The van der Waals surface area contributed by atoms with Gasteiger partial charge < -0.3 is 5.73 Å². The lowest BCUT2D eigenvalue weighted by molar-refractivity contribution is 0.563. The van der Waals surface area contributed by atoms with Crippen molar-refractivity contribution in [3.8, 4) is 0 Å². The van der Waals surface area contributed by atoms with Gasteiger partial charge in [-0.25, -0.2) is 8.42 Å². The maximum absolute atomic E-state index is 11.8. The molecule has 0 aromatic heterocycles. The van der Waals surface area contributed by atoms with Crippen molar-refractivity contribution in [3.63, 3.8) is 0 Å². The summed E-state index contributed by atoms with van der Waals surface area (Å²) in [5.74, 6) is 0.588. The lowest BCUT2D eigenvalue weighted by atomic mass is 10.2. The number of nitrogens with two attached hydrogens (primary N) is 1. The lowest BCUT2D eigenvalue weighted by Crippen LogP contribution is -2.15. The van der Waals surface area contributed by atoms with Gasteiger partial charge in [-0.2, -0.15) is 0 Å². The Hall–Kier alpha value is -1.03. The third-order valence-electron chi connectivity index (χ3n) is 2.60. The van der Waals surface area contributed by atoms with Crippen LogP contribution in [0.4, 0.5) is 5.69 Å². The quantitative estimate of drug-likeness (QED) is 0.804. The summed E-state index contributed by atoms with van der Waals surface area (Å²) < 4.78 is 23.6. The van der Waals surface area contributed by atoms with Gasteiger partial charge in [-0.3, -0.25) is 0 Å². The van der Waals surface area contributed by atoms with Gasteiger partial charge in [0, 0.05) is 5.69 Å². The number of sulfone groups is 1. The van der Waals surface area contributed by atoms with Crippen LogP contribution in [0.15, 0.2) is 24.3 Å². The molecular formula is C12H19NO2S. The fourth-order valence-corrected chi connectivity index (χ4v) is 3.40. The molecule has 2 N–H and O–H groups in total. The normalized spacial score (nSPS) is 13.6. The van der Waals surface area contributed by atoms with Crippen molar-refractivity contribution in [2.45, 2.75) is 26.0 Å². The molecule has 0 aliphatic carbocycles.